The topological polar surface area (TPSA) is 95.0 Å². The van der Waals surface area contributed by atoms with Crippen molar-refractivity contribution in [3.63, 3.8) is 0 Å². The number of rotatable bonds is 2. The molecule has 0 atom stereocenters. The van der Waals surface area contributed by atoms with Gasteiger partial charge in [0.2, 0.25) is 0 Å². The highest BCUT2D eigenvalue weighted by atomic mass is 16.1. The van der Waals surface area contributed by atoms with Gasteiger partial charge in [-0.1, -0.05) is 0 Å². The van der Waals surface area contributed by atoms with E-state index in [-0.39, 0.29) is 11.1 Å². The third-order valence-electron chi connectivity index (χ3n) is 2.50. The second-order valence-electron chi connectivity index (χ2n) is 3.52. The fourth-order valence-corrected chi connectivity index (χ4v) is 1.51. The van der Waals surface area contributed by atoms with Crippen LogP contribution in [0.15, 0.2) is 27.8 Å². The number of anilines is 1. The molecule has 0 radical (unpaired) electrons. The summed E-state index contributed by atoms with van der Waals surface area (Å²) < 4.78 is 0. The molecule has 6 nitrogen and oxygen atoms in total. The molecule has 84 valence electrons. The molecular weight excluding hydrogens is 208 g/mol. The number of benzene rings is 1. The van der Waals surface area contributed by atoms with Gasteiger partial charge in [-0.15, -0.1) is 0 Å². The Labute approximate surface area is 90.7 Å². The molecule has 1 heterocycles. The van der Waals surface area contributed by atoms with Gasteiger partial charge in [-0.2, -0.15) is 0 Å². The SMILES string of the molecule is CN(CN)c1ccc2c(=O)[nH][nH]c(=O)c2c1. The summed E-state index contributed by atoms with van der Waals surface area (Å²) in [6.07, 6.45) is 0. The number of aromatic nitrogens is 2. The summed E-state index contributed by atoms with van der Waals surface area (Å²) in [6.45, 7) is 0.340. The largest absolute Gasteiger partial charge is 0.362 e. The van der Waals surface area contributed by atoms with Crippen LogP contribution < -0.4 is 21.8 Å². The van der Waals surface area contributed by atoms with E-state index in [4.69, 9.17) is 5.73 Å². The van der Waals surface area contributed by atoms with E-state index in [1.165, 1.54) is 0 Å². The lowest BCUT2D eigenvalue weighted by atomic mass is 10.1. The highest BCUT2D eigenvalue weighted by molar-refractivity contribution is 5.84. The van der Waals surface area contributed by atoms with Crippen molar-refractivity contribution in [2.24, 2.45) is 5.73 Å². The predicted molar refractivity (Wildman–Crippen MR) is 62.6 cm³/mol. The number of nitrogens with two attached hydrogens (primary N) is 1. The van der Waals surface area contributed by atoms with Crippen molar-refractivity contribution in [2.75, 3.05) is 18.6 Å². The van der Waals surface area contributed by atoms with Crippen LogP contribution in [-0.4, -0.2) is 23.9 Å². The lowest BCUT2D eigenvalue weighted by Crippen LogP contribution is -2.25. The quantitative estimate of drug-likeness (QED) is 0.598. The lowest BCUT2D eigenvalue weighted by molar-refractivity contribution is 0.932. The Kier molecular flexibility index (Phi) is 2.49. The molecule has 2 aromatic rings. The van der Waals surface area contributed by atoms with Crippen LogP contribution in [0.2, 0.25) is 0 Å². The Morgan fingerprint density at radius 3 is 2.44 bits per heavy atom. The van der Waals surface area contributed by atoms with Crippen molar-refractivity contribution in [3.05, 3.63) is 38.9 Å². The number of H-pyrrole nitrogens is 2. The number of hydrogen-bond donors (Lipinski definition) is 3. The van der Waals surface area contributed by atoms with Crippen molar-refractivity contribution in [3.8, 4) is 0 Å². The van der Waals surface area contributed by atoms with E-state index in [1.54, 1.807) is 23.1 Å². The van der Waals surface area contributed by atoms with Gasteiger partial charge in [0.1, 0.15) is 0 Å². The van der Waals surface area contributed by atoms with E-state index in [2.05, 4.69) is 10.2 Å². The van der Waals surface area contributed by atoms with Crippen LogP contribution in [0.3, 0.4) is 0 Å². The maximum absolute atomic E-state index is 11.5. The third kappa shape index (κ3) is 1.59. The van der Waals surface area contributed by atoms with E-state index in [0.29, 0.717) is 17.4 Å². The van der Waals surface area contributed by atoms with Crippen molar-refractivity contribution in [1.82, 2.24) is 10.2 Å². The normalized spacial score (nSPS) is 10.6. The molecule has 2 rings (SSSR count). The molecule has 4 N–H and O–H groups in total. The molecule has 1 aromatic heterocycles. The van der Waals surface area contributed by atoms with E-state index in [9.17, 15) is 9.59 Å². The third-order valence-corrected chi connectivity index (χ3v) is 2.50. The highest BCUT2D eigenvalue weighted by Crippen LogP contribution is 2.15. The van der Waals surface area contributed by atoms with Gasteiger partial charge < -0.3 is 10.6 Å². The van der Waals surface area contributed by atoms with Gasteiger partial charge in [-0.25, -0.2) is 0 Å². The van der Waals surface area contributed by atoms with E-state index in [0.717, 1.165) is 5.69 Å². The fourth-order valence-electron chi connectivity index (χ4n) is 1.51. The Morgan fingerprint density at radius 2 is 1.81 bits per heavy atom. The summed E-state index contributed by atoms with van der Waals surface area (Å²) in [4.78, 5) is 24.7. The van der Waals surface area contributed by atoms with Crippen LogP contribution in [-0.2, 0) is 0 Å². The summed E-state index contributed by atoms with van der Waals surface area (Å²) in [5, 5.41) is 5.29. The first kappa shape index (κ1) is 10.4. The van der Waals surface area contributed by atoms with Gasteiger partial charge in [0.15, 0.2) is 0 Å². The molecule has 0 aliphatic rings. The maximum atomic E-state index is 11.5. The van der Waals surface area contributed by atoms with Gasteiger partial charge in [0.05, 0.1) is 17.4 Å². The number of aromatic amines is 2. The zero-order valence-electron chi connectivity index (χ0n) is 8.78. The van der Waals surface area contributed by atoms with Crippen LogP contribution >= 0.6 is 0 Å². The monoisotopic (exact) mass is 220 g/mol. The second-order valence-corrected chi connectivity index (χ2v) is 3.52. The van der Waals surface area contributed by atoms with Gasteiger partial charge in [-0.05, 0) is 18.2 Å². The van der Waals surface area contributed by atoms with Gasteiger partial charge in [0.25, 0.3) is 11.1 Å². The number of fused-ring (bicyclic) bond motifs is 1. The second kappa shape index (κ2) is 3.82. The van der Waals surface area contributed by atoms with Crippen LogP contribution in [0.25, 0.3) is 10.8 Å². The number of nitrogens with one attached hydrogen (secondary N) is 2. The summed E-state index contributed by atoms with van der Waals surface area (Å²) >= 11 is 0. The van der Waals surface area contributed by atoms with Gasteiger partial charge in [0, 0.05) is 12.7 Å². The molecule has 16 heavy (non-hydrogen) atoms. The minimum Gasteiger partial charge on any atom is -0.362 e. The Morgan fingerprint density at radius 1 is 1.19 bits per heavy atom. The minimum absolute atomic E-state index is 0.309. The van der Waals surface area contributed by atoms with E-state index >= 15 is 0 Å². The predicted octanol–water partition coefficient (Wildman–Crippen LogP) is -0.431. The van der Waals surface area contributed by atoms with Crippen molar-refractivity contribution in [2.45, 2.75) is 0 Å². The van der Waals surface area contributed by atoms with Crippen molar-refractivity contribution >= 4 is 16.5 Å². The zero-order valence-corrected chi connectivity index (χ0v) is 8.78. The molecule has 0 aliphatic heterocycles. The fraction of sp³-hybridized carbons (Fsp3) is 0.200. The van der Waals surface area contributed by atoms with Crippen molar-refractivity contribution < 1.29 is 0 Å². The molecular formula is C10H12N4O2. The van der Waals surface area contributed by atoms with Crippen molar-refractivity contribution in [1.29, 1.82) is 0 Å². The summed E-state index contributed by atoms with van der Waals surface area (Å²) in [5.74, 6) is 0. The molecule has 0 spiro atoms. The van der Waals surface area contributed by atoms with E-state index in [1.807, 2.05) is 7.05 Å². The summed E-state index contributed by atoms with van der Waals surface area (Å²) in [5.41, 5.74) is 5.66. The molecule has 0 amide bonds. The molecule has 0 bridgehead atoms. The summed E-state index contributed by atoms with van der Waals surface area (Å²) in [6, 6.07) is 5.02. The average molecular weight is 220 g/mol. The first-order chi connectivity index (χ1) is 7.63. The van der Waals surface area contributed by atoms with Gasteiger partial charge in [-0.3, -0.25) is 19.8 Å². The Hall–Kier alpha value is -2.08. The van der Waals surface area contributed by atoms with Crippen LogP contribution in [0, 0.1) is 0 Å². The van der Waals surface area contributed by atoms with Crippen LogP contribution in [0.5, 0.6) is 0 Å². The molecule has 0 aliphatic carbocycles. The molecule has 0 saturated heterocycles. The Bertz CT molecular complexity index is 628. The number of nitrogens with zero attached hydrogens (tertiary/aromatic N) is 1. The first-order valence-electron chi connectivity index (χ1n) is 4.79. The zero-order chi connectivity index (χ0) is 11.7. The average Bonchev–Trinajstić information content (AvgIpc) is 2.32. The molecule has 0 saturated carbocycles. The number of hydrogen-bond acceptors (Lipinski definition) is 4. The molecule has 0 unspecified atom stereocenters. The first-order valence-corrected chi connectivity index (χ1v) is 4.79. The molecule has 1 aromatic carbocycles. The minimum atomic E-state index is -0.318. The van der Waals surface area contributed by atoms with Crippen LogP contribution in [0.4, 0.5) is 5.69 Å². The van der Waals surface area contributed by atoms with Crippen LogP contribution in [0.1, 0.15) is 0 Å². The maximum Gasteiger partial charge on any atom is 0.270 e. The molecule has 0 fully saturated rings. The lowest BCUT2D eigenvalue weighted by Gasteiger charge is -2.16. The Balaban J connectivity index is 2.76. The van der Waals surface area contributed by atoms with E-state index < -0.39 is 0 Å². The smallest absolute Gasteiger partial charge is 0.270 e. The summed E-state index contributed by atoms with van der Waals surface area (Å²) in [7, 11) is 1.81. The standard InChI is InChI=1S/C10H12N4O2/c1-14(5-11)6-2-3-7-8(4-6)10(16)13-12-9(7)15/h2-4H,5,11H2,1H3,(H,12,15)(H,13,16). The van der Waals surface area contributed by atoms with Gasteiger partial charge >= 0.3 is 0 Å². The highest BCUT2D eigenvalue weighted by Gasteiger charge is 2.05. The molecule has 6 heteroatoms.